The molecule has 3 saturated carbocycles. The van der Waals surface area contributed by atoms with E-state index in [-0.39, 0.29) is 6.10 Å². The van der Waals surface area contributed by atoms with Crippen LogP contribution in [0, 0.1) is 23.2 Å². The Kier molecular flexibility index (Phi) is 1.69. The molecule has 4 aliphatic carbocycles. The Balaban J connectivity index is 1.94. The molecule has 0 radical (unpaired) electrons. The van der Waals surface area contributed by atoms with Crippen LogP contribution in [-0.4, -0.2) is 11.2 Å². The number of allylic oxidation sites excluding steroid dienone is 1. The maximum Gasteiger partial charge on any atom is 0.0723 e. The van der Waals surface area contributed by atoms with Crippen molar-refractivity contribution in [2.45, 2.75) is 45.6 Å². The standard InChI is InChI=1S/C13H20O/c1-13(2)9-5-8-3-4-10(14)7-11(8)12(13)6-9/h7-10,12,14H,3-6H2,1-2H3/t8-,9+,10+,12+/m1/s1. The molecule has 4 aliphatic rings. The monoisotopic (exact) mass is 192 g/mol. The van der Waals surface area contributed by atoms with Gasteiger partial charge >= 0.3 is 0 Å². The van der Waals surface area contributed by atoms with Crippen molar-refractivity contribution in [2.24, 2.45) is 23.2 Å². The van der Waals surface area contributed by atoms with Gasteiger partial charge in [-0.25, -0.2) is 0 Å². The number of rotatable bonds is 0. The summed E-state index contributed by atoms with van der Waals surface area (Å²) in [6.07, 6.45) is 7.04. The number of hydrogen-bond acceptors (Lipinski definition) is 1. The second kappa shape index (κ2) is 2.63. The van der Waals surface area contributed by atoms with Gasteiger partial charge in [-0.3, -0.25) is 0 Å². The minimum Gasteiger partial charge on any atom is -0.389 e. The van der Waals surface area contributed by atoms with E-state index in [2.05, 4.69) is 19.9 Å². The highest BCUT2D eigenvalue weighted by Crippen LogP contribution is 2.64. The van der Waals surface area contributed by atoms with Crippen LogP contribution in [0.2, 0.25) is 0 Å². The van der Waals surface area contributed by atoms with Crippen LogP contribution in [-0.2, 0) is 0 Å². The molecule has 0 aromatic rings. The van der Waals surface area contributed by atoms with Gasteiger partial charge in [0.2, 0.25) is 0 Å². The Bertz CT molecular complexity index is 290. The molecule has 4 atom stereocenters. The maximum absolute atomic E-state index is 9.68. The van der Waals surface area contributed by atoms with Gasteiger partial charge in [0.1, 0.15) is 0 Å². The molecule has 0 aromatic heterocycles. The lowest BCUT2D eigenvalue weighted by molar-refractivity contribution is -0.0541. The molecule has 0 spiro atoms. The Morgan fingerprint density at radius 2 is 2.07 bits per heavy atom. The molecule has 2 bridgehead atoms. The summed E-state index contributed by atoms with van der Waals surface area (Å²) in [5.41, 5.74) is 2.13. The van der Waals surface area contributed by atoms with Gasteiger partial charge in [-0.15, -0.1) is 0 Å². The summed E-state index contributed by atoms with van der Waals surface area (Å²) >= 11 is 0. The molecule has 78 valence electrons. The summed E-state index contributed by atoms with van der Waals surface area (Å²) in [6, 6.07) is 0. The first-order valence-corrected chi connectivity index (χ1v) is 5.98. The minimum absolute atomic E-state index is 0.144. The van der Waals surface area contributed by atoms with Crippen LogP contribution in [0.3, 0.4) is 0 Å². The van der Waals surface area contributed by atoms with Gasteiger partial charge in [0.15, 0.2) is 0 Å². The first-order valence-electron chi connectivity index (χ1n) is 5.98. The predicted octanol–water partition coefficient (Wildman–Crippen LogP) is 2.75. The highest BCUT2D eigenvalue weighted by molar-refractivity contribution is 5.27. The van der Waals surface area contributed by atoms with E-state index in [1.165, 1.54) is 19.3 Å². The topological polar surface area (TPSA) is 20.2 Å². The van der Waals surface area contributed by atoms with E-state index in [0.717, 1.165) is 24.2 Å². The fourth-order valence-corrected chi connectivity index (χ4v) is 3.96. The smallest absolute Gasteiger partial charge is 0.0723 e. The van der Waals surface area contributed by atoms with Crippen molar-refractivity contribution in [1.82, 2.24) is 0 Å². The summed E-state index contributed by atoms with van der Waals surface area (Å²) in [5.74, 6) is 2.58. The Morgan fingerprint density at radius 3 is 2.79 bits per heavy atom. The fraction of sp³-hybridized carbons (Fsp3) is 0.846. The molecule has 0 saturated heterocycles. The van der Waals surface area contributed by atoms with Crippen LogP contribution >= 0.6 is 0 Å². The van der Waals surface area contributed by atoms with E-state index in [9.17, 15) is 5.11 Å². The average molecular weight is 192 g/mol. The van der Waals surface area contributed by atoms with Crippen LogP contribution in [0.1, 0.15) is 39.5 Å². The molecule has 3 fully saturated rings. The zero-order chi connectivity index (χ0) is 9.92. The van der Waals surface area contributed by atoms with Crippen LogP contribution in [0.5, 0.6) is 0 Å². The summed E-state index contributed by atoms with van der Waals surface area (Å²) in [6.45, 7) is 4.81. The first-order chi connectivity index (χ1) is 6.59. The zero-order valence-electron chi connectivity index (χ0n) is 9.16. The maximum atomic E-state index is 9.68. The third kappa shape index (κ3) is 0.995. The predicted molar refractivity (Wildman–Crippen MR) is 56.8 cm³/mol. The lowest BCUT2D eigenvalue weighted by Crippen LogP contribution is -2.52. The van der Waals surface area contributed by atoms with E-state index in [0.29, 0.717) is 5.41 Å². The van der Waals surface area contributed by atoms with Crippen LogP contribution in [0.4, 0.5) is 0 Å². The molecule has 14 heavy (non-hydrogen) atoms. The van der Waals surface area contributed by atoms with Gasteiger partial charge in [-0.1, -0.05) is 25.5 Å². The van der Waals surface area contributed by atoms with E-state index >= 15 is 0 Å². The van der Waals surface area contributed by atoms with Gasteiger partial charge in [-0.05, 0) is 48.9 Å². The van der Waals surface area contributed by atoms with Crippen LogP contribution in [0.25, 0.3) is 0 Å². The quantitative estimate of drug-likeness (QED) is 0.585. The van der Waals surface area contributed by atoms with Crippen molar-refractivity contribution in [1.29, 1.82) is 0 Å². The van der Waals surface area contributed by atoms with Gasteiger partial charge in [0, 0.05) is 0 Å². The first kappa shape index (κ1) is 8.96. The summed E-state index contributed by atoms with van der Waals surface area (Å²) < 4.78 is 0. The van der Waals surface area contributed by atoms with Crippen molar-refractivity contribution in [3.8, 4) is 0 Å². The number of aliphatic hydroxyl groups is 1. The molecule has 1 heteroatoms. The molecule has 0 aliphatic heterocycles. The van der Waals surface area contributed by atoms with Crippen molar-refractivity contribution in [3.05, 3.63) is 11.6 Å². The Morgan fingerprint density at radius 1 is 1.29 bits per heavy atom. The lowest BCUT2D eigenvalue weighted by Gasteiger charge is -2.61. The summed E-state index contributed by atoms with van der Waals surface area (Å²) in [5, 5.41) is 9.68. The minimum atomic E-state index is -0.144. The number of aliphatic hydroxyl groups excluding tert-OH is 1. The lowest BCUT2D eigenvalue weighted by atomic mass is 9.44. The molecular formula is C13H20O. The second-order valence-electron chi connectivity index (χ2n) is 6.05. The molecule has 1 N–H and O–H groups in total. The summed E-state index contributed by atoms with van der Waals surface area (Å²) in [4.78, 5) is 0. The molecule has 0 amide bonds. The SMILES string of the molecule is CC1(C)[C@H]2C[C@H]3CC[C@H](O)C=C3[C@@H]1C2. The Labute approximate surface area is 86.2 Å². The third-order valence-electron chi connectivity index (χ3n) is 5.11. The third-order valence-corrected chi connectivity index (χ3v) is 5.11. The van der Waals surface area contributed by atoms with Gasteiger partial charge in [0.05, 0.1) is 6.10 Å². The van der Waals surface area contributed by atoms with Crippen LogP contribution in [0.15, 0.2) is 11.6 Å². The molecule has 0 aromatic carbocycles. The second-order valence-corrected chi connectivity index (χ2v) is 6.05. The summed E-state index contributed by atoms with van der Waals surface area (Å²) in [7, 11) is 0. The molecular weight excluding hydrogens is 172 g/mol. The fourth-order valence-electron chi connectivity index (χ4n) is 3.96. The number of hydrogen-bond donors (Lipinski definition) is 1. The van der Waals surface area contributed by atoms with Gasteiger partial charge < -0.3 is 5.11 Å². The molecule has 0 unspecified atom stereocenters. The molecule has 4 rings (SSSR count). The largest absolute Gasteiger partial charge is 0.389 e. The Hall–Kier alpha value is -0.300. The van der Waals surface area contributed by atoms with E-state index in [1.807, 2.05) is 0 Å². The molecule has 0 heterocycles. The highest BCUT2D eigenvalue weighted by atomic mass is 16.3. The normalized spacial score (nSPS) is 48.9. The van der Waals surface area contributed by atoms with E-state index in [4.69, 9.17) is 0 Å². The van der Waals surface area contributed by atoms with E-state index < -0.39 is 0 Å². The van der Waals surface area contributed by atoms with Crippen molar-refractivity contribution in [2.75, 3.05) is 0 Å². The zero-order valence-corrected chi connectivity index (χ0v) is 9.16. The van der Waals surface area contributed by atoms with Crippen molar-refractivity contribution >= 4 is 0 Å². The van der Waals surface area contributed by atoms with Gasteiger partial charge in [0.25, 0.3) is 0 Å². The average Bonchev–Trinajstić information content (AvgIpc) is 2.16. The molecule has 1 nitrogen and oxygen atoms in total. The van der Waals surface area contributed by atoms with Crippen LogP contribution < -0.4 is 0 Å². The van der Waals surface area contributed by atoms with E-state index in [1.54, 1.807) is 5.57 Å². The highest BCUT2D eigenvalue weighted by Gasteiger charge is 2.55. The van der Waals surface area contributed by atoms with Gasteiger partial charge in [-0.2, -0.15) is 0 Å². The van der Waals surface area contributed by atoms with Crippen molar-refractivity contribution < 1.29 is 5.11 Å². The van der Waals surface area contributed by atoms with Crippen molar-refractivity contribution in [3.63, 3.8) is 0 Å².